The number of aromatic nitrogens is 4. The van der Waals surface area contributed by atoms with Crippen molar-refractivity contribution in [2.75, 3.05) is 0 Å². The first-order valence-corrected chi connectivity index (χ1v) is 7.01. The SMILES string of the molecule is CC(C)(C)c1ccccc1-n1nnnc1-c1ccccc1. The molecule has 4 nitrogen and oxygen atoms in total. The first kappa shape index (κ1) is 13.5. The van der Waals surface area contributed by atoms with E-state index >= 15 is 0 Å². The number of nitrogens with zero attached hydrogens (tertiary/aromatic N) is 4. The molecule has 1 heterocycles. The molecule has 1 aromatic heterocycles. The predicted octanol–water partition coefficient (Wildman–Crippen LogP) is 3.63. The summed E-state index contributed by atoms with van der Waals surface area (Å²) in [6.45, 7) is 6.58. The molecule has 0 N–H and O–H groups in total. The predicted molar refractivity (Wildman–Crippen MR) is 83.3 cm³/mol. The molecule has 0 aliphatic heterocycles. The maximum absolute atomic E-state index is 4.19. The fraction of sp³-hybridized carbons (Fsp3) is 0.235. The van der Waals surface area contributed by atoms with Crippen LogP contribution in [0.25, 0.3) is 17.1 Å². The van der Waals surface area contributed by atoms with E-state index < -0.39 is 0 Å². The van der Waals surface area contributed by atoms with Gasteiger partial charge < -0.3 is 0 Å². The lowest BCUT2D eigenvalue weighted by Gasteiger charge is -2.22. The maximum Gasteiger partial charge on any atom is 0.187 e. The lowest BCUT2D eigenvalue weighted by Crippen LogP contribution is -2.16. The van der Waals surface area contributed by atoms with Gasteiger partial charge in [-0.15, -0.1) is 5.10 Å². The highest BCUT2D eigenvalue weighted by Crippen LogP contribution is 2.29. The number of benzene rings is 2. The quantitative estimate of drug-likeness (QED) is 0.719. The molecule has 106 valence electrons. The van der Waals surface area contributed by atoms with Crippen LogP contribution in [0.15, 0.2) is 54.6 Å². The number of hydrogen-bond donors (Lipinski definition) is 0. The molecule has 21 heavy (non-hydrogen) atoms. The molecule has 0 radical (unpaired) electrons. The largest absolute Gasteiger partial charge is 0.192 e. The Morgan fingerprint density at radius 1 is 0.857 bits per heavy atom. The van der Waals surface area contributed by atoms with Crippen LogP contribution in [0.1, 0.15) is 26.3 Å². The second kappa shape index (κ2) is 5.13. The first-order chi connectivity index (χ1) is 10.1. The van der Waals surface area contributed by atoms with Gasteiger partial charge in [-0.05, 0) is 27.5 Å². The molecule has 0 atom stereocenters. The molecule has 0 bridgehead atoms. The molecule has 0 saturated carbocycles. The van der Waals surface area contributed by atoms with Gasteiger partial charge >= 0.3 is 0 Å². The minimum absolute atomic E-state index is 0.0243. The minimum Gasteiger partial charge on any atom is -0.192 e. The lowest BCUT2D eigenvalue weighted by molar-refractivity contribution is 0.582. The monoisotopic (exact) mass is 278 g/mol. The zero-order valence-corrected chi connectivity index (χ0v) is 12.5. The van der Waals surface area contributed by atoms with Crippen molar-refractivity contribution >= 4 is 0 Å². The van der Waals surface area contributed by atoms with E-state index in [-0.39, 0.29) is 5.41 Å². The van der Waals surface area contributed by atoms with E-state index in [2.05, 4.69) is 54.5 Å². The summed E-state index contributed by atoms with van der Waals surface area (Å²) in [7, 11) is 0. The summed E-state index contributed by atoms with van der Waals surface area (Å²) in [5.74, 6) is 0.757. The third-order valence-corrected chi connectivity index (χ3v) is 3.44. The van der Waals surface area contributed by atoms with E-state index in [4.69, 9.17) is 0 Å². The van der Waals surface area contributed by atoms with Crippen molar-refractivity contribution < 1.29 is 0 Å². The standard InChI is InChI=1S/C17H18N4/c1-17(2,3)14-11-7-8-12-15(14)21-16(18-19-20-21)13-9-5-4-6-10-13/h4-12H,1-3H3. The highest BCUT2D eigenvalue weighted by molar-refractivity contribution is 5.58. The van der Waals surface area contributed by atoms with Gasteiger partial charge in [-0.25, -0.2) is 0 Å². The summed E-state index contributed by atoms with van der Waals surface area (Å²) in [5, 5.41) is 12.2. The topological polar surface area (TPSA) is 43.6 Å². The summed E-state index contributed by atoms with van der Waals surface area (Å²) in [6, 6.07) is 18.3. The Labute approximate surface area is 124 Å². The van der Waals surface area contributed by atoms with Crippen molar-refractivity contribution in [3.63, 3.8) is 0 Å². The number of tetrazole rings is 1. The molecular formula is C17H18N4. The maximum atomic E-state index is 4.19. The van der Waals surface area contributed by atoms with Gasteiger partial charge in [0.2, 0.25) is 0 Å². The molecule has 2 aromatic carbocycles. The highest BCUT2D eigenvalue weighted by Gasteiger charge is 2.21. The van der Waals surface area contributed by atoms with Gasteiger partial charge in [-0.1, -0.05) is 69.3 Å². The molecule has 3 rings (SSSR count). The molecular weight excluding hydrogens is 260 g/mol. The molecule has 0 unspecified atom stereocenters. The van der Waals surface area contributed by atoms with Gasteiger partial charge in [0.25, 0.3) is 0 Å². The Kier molecular flexibility index (Phi) is 3.29. The third-order valence-electron chi connectivity index (χ3n) is 3.44. The Hall–Kier alpha value is -2.49. The molecule has 3 aromatic rings. The Balaban J connectivity index is 2.18. The van der Waals surface area contributed by atoms with Crippen molar-refractivity contribution in [3.8, 4) is 17.1 Å². The van der Waals surface area contributed by atoms with Crippen LogP contribution in [0.5, 0.6) is 0 Å². The van der Waals surface area contributed by atoms with Gasteiger partial charge in [0.1, 0.15) is 0 Å². The van der Waals surface area contributed by atoms with E-state index in [9.17, 15) is 0 Å². The van der Waals surface area contributed by atoms with Crippen LogP contribution in [-0.4, -0.2) is 20.2 Å². The van der Waals surface area contributed by atoms with Crippen molar-refractivity contribution in [1.82, 2.24) is 20.2 Å². The van der Waals surface area contributed by atoms with E-state index in [1.807, 2.05) is 41.1 Å². The van der Waals surface area contributed by atoms with Crippen molar-refractivity contribution in [2.24, 2.45) is 0 Å². The first-order valence-electron chi connectivity index (χ1n) is 7.01. The fourth-order valence-corrected chi connectivity index (χ4v) is 2.41. The zero-order valence-electron chi connectivity index (χ0n) is 12.5. The summed E-state index contributed by atoms with van der Waals surface area (Å²) >= 11 is 0. The third kappa shape index (κ3) is 2.57. The smallest absolute Gasteiger partial charge is 0.187 e. The van der Waals surface area contributed by atoms with Crippen LogP contribution >= 0.6 is 0 Å². The fourth-order valence-electron chi connectivity index (χ4n) is 2.41. The Morgan fingerprint density at radius 2 is 1.52 bits per heavy atom. The molecule has 4 heteroatoms. The normalized spacial score (nSPS) is 11.6. The Morgan fingerprint density at radius 3 is 2.24 bits per heavy atom. The second-order valence-corrected chi connectivity index (χ2v) is 6.05. The molecule has 0 aliphatic carbocycles. The number of rotatable bonds is 2. The van der Waals surface area contributed by atoms with Crippen LogP contribution in [-0.2, 0) is 5.41 Å². The van der Waals surface area contributed by atoms with Crippen molar-refractivity contribution in [2.45, 2.75) is 26.2 Å². The number of hydrogen-bond acceptors (Lipinski definition) is 3. The van der Waals surface area contributed by atoms with Gasteiger partial charge in [0.05, 0.1) is 5.69 Å². The van der Waals surface area contributed by atoms with Crippen LogP contribution in [0.2, 0.25) is 0 Å². The van der Waals surface area contributed by atoms with E-state index in [0.717, 1.165) is 17.1 Å². The summed E-state index contributed by atoms with van der Waals surface area (Å²) in [6.07, 6.45) is 0. The van der Waals surface area contributed by atoms with Gasteiger partial charge in [0.15, 0.2) is 5.82 Å². The molecule has 0 saturated heterocycles. The van der Waals surface area contributed by atoms with Gasteiger partial charge in [0, 0.05) is 5.56 Å². The molecule has 0 fully saturated rings. The second-order valence-electron chi connectivity index (χ2n) is 6.05. The van der Waals surface area contributed by atoms with E-state index in [1.54, 1.807) is 0 Å². The average Bonchev–Trinajstić information content (AvgIpc) is 2.96. The van der Waals surface area contributed by atoms with E-state index in [1.165, 1.54) is 5.56 Å². The molecule has 0 spiro atoms. The van der Waals surface area contributed by atoms with Gasteiger partial charge in [-0.3, -0.25) is 0 Å². The number of para-hydroxylation sites is 1. The highest BCUT2D eigenvalue weighted by atomic mass is 15.5. The van der Waals surface area contributed by atoms with Crippen molar-refractivity contribution in [1.29, 1.82) is 0 Å². The zero-order chi connectivity index (χ0) is 14.9. The van der Waals surface area contributed by atoms with Crippen LogP contribution in [0.4, 0.5) is 0 Å². The average molecular weight is 278 g/mol. The van der Waals surface area contributed by atoms with Gasteiger partial charge in [-0.2, -0.15) is 4.68 Å². The summed E-state index contributed by atoms with van der Waals surface area (Å²) in [4.78, 5) is 0. The summed E-state index contributed by atoms with van der Waals surface area (Å²) < 4.78 is 1.82. The van der Waals surface area contributed by atoms with Crippen LogP contribution in [0, 0.1) is 0 Å². The van der Waals surface area contributed by atoms with Crippen LogP contribution in [0.3, 0.4) is 0 Å². The Bertz CT molecular complexity index is 739. The lowest BCUT2D eigenvalue weighted by atomic mass is 9.86. The molecule has 0 aliphatic rings. The minimum atomic E-state index is 0.0243. The van der Waals surface area contributed by atoms with Crippen molar-refractivity contribution in [3.05, 3.63) is 60.2 Å². The summed E-state index contributed by atoms with van der Waals surface area (Å²) in [5.41, 5.74) is 3.27. The van der Waals surface area contributed by atoms with Crippen LogP contribution < -0.4 is 0 Å². The van der Waals surface area contributed by atoms with E-state index in [0.29, 0.717) is 0 Å². The molecule has 0 amide bonds.